The molecule has 2 N–H and O–H groups in total. The third kappa shape index (κ3) is 2.34. The Morgan fingerprint density at radius 3 is 3.10 bits per heavy atom. The molecule has 1 atom stereocenters. The van der Waals surface area contributed by atoms with Crippen LogP contribution < -0.4 is 11.1 Å². The number of benzene rings is 2. The van der Waals surface area contributed by atoms with Crippen molar-refractivity contribution >= 4 is 28.5 Å². The topological polar surface area (TPSA) is 58.0 Å². The molecule has 1 aliphatic heterocycles. The molecule has 0 aliphatic carbocycles. The average Bonchev–Trinajstić information content (AvgIpc) is 2.87. The molecule has 0 bridgehead atoms. The van der Waals surface area contributed by atoms with Crippen molar-refractivity contribution in [3.63, 3.8) is 0 Å². The van der Waals surface area contributed by atoms with Crippen LogP contribution in [0.1, 0.15) is 17.2 Å². The number of anilines is 1. The van der Waals surface area contributed by atoms with Gasteiger partial charge in [-0.2, -0.15) is 11.8 Å². The summed E-state index contributed by atoms with van der Waals surface area (Å²) in [6.07, 6.45) is 0. The minimum absolute atomic E-state index is 0.288. The molecule has 1 aliphatic rings. The Balaban J connectivity index is 1.67. The lowest BCUT2D eigenvalue weighted by atomic mass is 10.0. The third-order valence-corrected chi connectivity index (χ3v) is 4.82. The van der Waals surface area contributed by atoms with Gasteiger partial charge < -0.3 is 9.73 Å². The number of hydrogen-bond acceptors (Lipinski definition) is 4. The van der Waals surface area contributed by atoms with Gasteiger partial charge in [0, 0.05) is 17.2 Å². The Labute approximate surface area is 125 Å². The molecule has 1 unspecified atom stereocenters. The molecule has 1 aromatic heterocycles. The van der Waals surface area contributed by atoms with E-state index in [4.69, 9.17) is 4.42 Å². The van der Waals surface area contributed by atoms with Crippen molar-refractivity contribution in [2.75, 3.05) is 11.1 Å². The van der Waals surface area contributed by atoms with Gasteiger partial charge in [-0.3, -0.25) is 4.98 Å². The molecule has 0 amide bonds. The molecular formula is C16H14N2O2S. The summed E-state index contributed by atoms with van der Waals surface area (Å²) >= 11 is 1.93. The zero-order valence-corrected chi connectivity index (χ0v) is 12.1. The number of oxazole rings is 1. The van der Waals surface area contributed by atoms with Crippen molar-refractivity contribution in [3.05, 3.63) is 64.1 Å². The Hall–Kier alpha value is -2.14. The normalized spacial score (nSPS) is 17.6. The van der Waals surface area contributed by atoms with Gasteiger partial charge in [0.15, 0.2) is 5.58 Å². The smallest absolute Gasteiger partial charge is 0.408 e. The van der Waals surface area contributed by atoms with E-state index in [-0.39, 0.29) is 6.04 Å². The minimum Gasteiger partial charge on any atom is -0.408 e. The molecule has 4 nitrogen and oxygen atoms in total. The van der Waals surface area contributed by atoms with Gasteiger partial charge >= 0.3 is 5.76 Å². The fourth-order valence-electron chi connectivity index (χ4n) is 2.74. The molecule has 2 heterocycles. The van der Waals surface area contributed by atoms with E-state index in [0.717, 1.165) is 22.7 Å². The van der Waals surface area contributed by atoms with Crippen LogP contribution in [0.25, 0.3) is 11.1 Å². The highest BCUT2D eigenvalue weighted by atomic mass is 32.2. The molecule has 2 aromatic carbocycles. The van der Waals surface area contributed by atoms with Crippen molar-refractivity contribution in [2.24, 2.45) is 0 Å². The second-order valence-electron chi connectivity index (χ2n) is 5.14. The summed E-state index contributed by atoms with van der Waals surface area (Å²) in [4.78, 5) is 13.9. The molecule has 3 aromatic rings. The van der Waals surface area contributed by atoms with Crippen LogP contribution in [0.3, 0.4) is 0 Å². The maximum absolute atomic E-state index is 11.2. The highest BCUT2D eigenvalue weighted by molar-refractivity contribution is 7.98. The zero-order valence-electron chi connectivity index (χ0n) is 11.3. The number of rotatable bonds is 2. The highest BCUT2D eigenvalue weighted by Gasteiger charge is 2.20. The van der Waals surface area contributed by atoms with Crippen LogP contribution in [0.15, 0.2) is 51.7 Å². The third-order valence-electron chi connectivity index (χ3n) is 3.73. The van der Waals surface area contributed by atoms with Gasteiger partial charge in [0.05, 0.1) is 11.6 Å². The number of hydrogen-bond donors (Lipinski definition) is 2. The van der Waals surface area contributed by atoms with Crippen molar-refractivity contribution in [2.45, 2.75) is 11.8 Å². The van der Waals surface area contributed by atoms with E-state index >= 15 is 0 Å². The molecule has 0 radical (unpaired) electrons. The SMILES string of the molecule is O=c1[nH]c2cc(NC3CSCc4ccccc43)ccc2o1. The van der Waals surface area contributed by atoms with E-state index in [0.29, 0.717) is 5.58 Å². The molecule has 106 valence electrons. The molecule has 0 spiro atoms. The summed E-state index contributed by atoms with van der Waals surface area (Å²) < 4.78 is 5.03. The van der Waals surface area contributed by atoms with Gasteiger partial charge in [0.2, 0.25) is 0 Å². The maximum Gasteiger partial charge on any atom is 0.417 e. The number of aromatic nitrogens is 1. The van der Waals surface area contributed by atoms with Crippen molar-refractivity contribution in [1.82, 2.24) is 4.98 Å². The van der Waals surface area contributed by atoms with Crippen LogP contribution in [-0.2, 0) is 5.75 Å². The van der Waals surface area contributed by atoms with Crippen LogP contribution in [0.5, 0.6) is 0 Å². The fraction of sp³-hybridized carbons (Fsp3) is 0.188. The predicted octanol–water partition coefficient (Wildman–Crippen LogP) is 3.52. The van der Waals surface area contributed by atoms with Gasteiger partial charge in [0.1, 0.15) is 0 Å². The highest BCUT2D eigenvalue weighted by Crippen LogP contribution is 2.34. The maximum atomic E-state index is 11.2. The number of H-pyrrole nitrogens is 1. The second-order valence-corrected chi connectivity index (χ2v) is 6.17. The Bertz CT molecular complexity index is 853. The Morgan fingerprint density at radius 2 is 2.14 bits per heavy atom. The van der Waals surface area contributed by atoms with E-state index < -0.39 is 5.76 Å². The molecule has 0 saturated heterocycles. The largest absolute Gasteiger partial charge is 0.417 e. The summed E-state index contributed by atoms with van der Waals surface area (Å²) in [7, 11) is 0. The predicted molar refractivity (Wildman–Crippen MR) is 85.8 cm³/mol. The van der Waals surface area contributed by atoms with Gasteiger partial charge in [0.25, 0.3) is 0 Å². The first-order valence-electron chi connectivity index (χ1n) is 6.84. The molecule has 21 heavy (non-hydrogen) atoms. The van der Waals surface area contributed by atoms with Crippen LogP contribution in [-0.4, -0.2) is 10.7 Å². The van der Waals surface area contributed by atoms with Gasteiger partial charge in [-0.05, 0) is 29.3 Å². The summed E-state index contributed by atoms with van der Waals surface area (Å²) in [5.41, 5.74) is 5.05. The van der Waals surface area contributed by atoms with Crippen molar-refractivity contribution in [1.29, 1.82) is 0 Å². The number of aromatic amines is 1. The lowest BCUT2D eigenvalue weighted by molar-refractivity contribution is 0.555. The van der Waals surface area contributed by atoms with Crippen LogP contribution in [0, 0.1) is 0 Å². The van der Waals surface area contributed by atoms with E-state index in [1.807, 2.05) is 30.0 Å². The fourth-order valence-corrected chi connectivity index (χ4v) is 3.84. The lowest BCUT2D eigenvalue weighted by Crippen LogP contribution is -2.18. The van der Waals surface area contributed by atoms with Crippen LogP contribution >= 0.6 is 11.8 Å². The second kappa shape index (κ2) is 5.00. The quantitative estimate of drug-likeness (QED) is 0.760. The summed E-state index contributed by atoms with van der Waals surface area (Å²) in [5.74, 6) is 1.69. The molecule has 0 fully saturated rings. The van der Waals surface area contributed by atoms with Gasteiger partial charge in [-0.25, -0.2) is 4.79 Å². The summed E-state index contributed by atoms with van der Waals surface area (Å²) in [6, 6.07) is 14.5. The van der Waals surface area contributed by atoms with Crippen molar-refractivity contribution in [3.8, 4) is 0 Å². The Kier molecular flexibility index (Phi) is 3.00. The van der Waals surface area contributed by atoms with Gasteiger partial charge in [-0.1, -0.05) is 24.3 Å². The van der Waals surface area contributed by atoms with E-state index in [1.165, 1.54) is 11.1 Å². The van der Waals surface area contributed by atoms with Gasteiger partial charge in [-0.15, -0.1) is 0 Å². The minimum atomic E-state index is -0.416. The Morgan fingerprint density at radius 1 is 1.24 bits per heavy atom. The average molecular weight is 298 g/mol. The van der Waals surface area contributed by atoms with E-state index in [1.54, 1.807) is 0 Å². The first-order chi connectivity index (χ1) is 10.3. The van der Waals surface area contributed by atoms with Crippen LogP contribution in [0.4, 0.5) is 5.69 Å². The van der Waals surface area contributed by atoms with E-state index in [9.17, 15) is 4.79 Å². The monoisotopic (exact) mass is 298 g/mol. The number of fused-ring (bicyclic) bond motifs is 2. The molecular weight excluding hydrogens is 284 g/mol. The first kappa shape index (κ1) is 12.6. The number of thioether (sulfide) groups is 1. The number of nitrogens with one attached hydrogen (secondary N) is 2. The summed E-state index contributed by atoms with van der Waals surface area (Å²) in [5, 5.41) is 3.55. The van der Waals surface area contributed by atoms with E-state index in [2.05, 4.69) is 34.6 Å². The molecule has 5 heteroatoms. The summed E-state index contributed by atoms with van der Waals surface area (Å²) in [6.45, 7) is 0. The molecule has 0 saturated carbocycles. The first-order valence-corrected chi connectivity index (χ1v) is 8.00. The lowest BCUT2D eigenvalue weighted by Gasteiger charge is -2.26. The standard InChI is InChI=1S/C16H14N2O2S/c19-16-18-13-7-11(5-6-15(13)20-16)17-14-9-21-8-10-3-1-2-4-12(10)14/h1-7,14,17H,8-9H2,(H,18,19). The van der Waals surface area contributed by atoms with Crippen molar-refractivity contribution < 1.29 is 4.42 Å². The molecule has 4 rings (SSSR count). The zero-order chi connectivity index (χ0) is 14.2. The van der Waals surface area contributed by atoms with Crippen LogP contribution in [0.2, 0.25) is 0 Å².